The Morgan fingerprint density at radius 3 is 2.92 bits per heavy atom. The van der Waals surface area contributed by atoms with Gasteiger partial charge in [0, 0.05) is 36.8 Å². The number of hydrogen-bond donors (Lipinski definition) is 1. The van der Waals surface area contributed by atoms with Crippen LogP contribution in [0.5, 0.6) is 5.75 Å². The molecule has 1 saturated heterocycles. The molecule has 0 unspecified atom stereocenters. The fourth-order valence-corrected chi connectivity index (χ4v) is 3.61. The van der Waals surface area contributed by atoms with Crippen molar-refractivity contribution < 1.29 is 14.3 Å². The SMILES string of the molecule is Cc1cc(OCc2csc(C(=O)NCCN3CCOCC3)c2)ccc1Cl. The molecular weight excluding hydrogens is 372 g/mol. The van der Waals surface area contributed by atoms with Gasteiger partial charge < -0.3 is 14.8 Å². The number of aryl methyl sites for hydroxylation is 1. The Balaban J connectivity index is 1.44. The second-order valence-electron chi connectivity index (χ2n) is 6.23. The van der Waals surface area contributed by atoms with Gasteiger partial charge in [0.2, 0.25) is 0 Å². The maximum absolute atomic E-state index is 12.3. The maximum atomic E-state index is 12.3. The Hall–Kier alpha value is -1.60. The first-order chi connectivity index (χ1) is 12.6. The Bertz CT molecular complexity index is 744. The van der Waals surface area contributed by atoms with Crippen molar-refractivity contribution in [2.75, 3.05) is 39.4 Å². The third-order valence-corrected chi connectivity index (χ3v) is 5.63. The fraction of sp³-hybridized carbons (Fsp3) is 0.421. The first-order valence-electron chi connectivity index (χ1n) is 8.66. The molecule has 140 valence electrons. The number of halogens is 1. The minimum Gasteiger partial charge on any atom is -0.489 e. The average Bonchev–Trinajstić information content (AvgIpc) is 3.13. The predicted molar refractivity (Wildman–Crippen MR) is 104 cm³/mol. The van der Waals surface area contributed by atoms with Crippen molar-refractivity contribution in [3.05, 3.63) is 50.7 Å². The van der Waals surface area contributed by atoms with E-state index in [1.807, 2.05) is 36.6 Å². The van der Waals surface area contributed by atoms with Crippen LogP contribution in [0.15, 0.2) is 29.6 Å². The van der Waals surface area contributed by atoms with E-state index in [9.17, 15) is 4.79 Å². The summed E-state index contributed by atoms with van der Waals surface area (Å²) in [5.74, 6) is 0.742. The van der Waals surface area contributed by atoms with Crippen molar-refractivity contribution in [1.29, 1.82) is 0 Å². The van der Waals surface area contributed by atoms with E-state index in [2.05, 4.69) is 10.2 Å². The number of carbonyl (C=O) groups excluding carboxylic acids is 1. The topological polar surface area (TPSA) is 50.8 Å². The number of ether oxygens (including phenoxy) is 2. The molecule has 0 saturated carbocycles. The first kappa shape index (κ1) is 19.2. The predicted octanol–water partition coefficient (Wildman–Crippen LogP) is 3.35. The van der Waals surface area contributed by atoms with E-state index in [1.54, 1.807) is 0 Å². The Morgan fingerprint density at radius 1 is 1.35 bits per heavy atom. The van der Waals surface area contributed by atoms with Crippen molar-refractivity contribution >= 4 is 28.8 Å². The van der Waals surface area contributed by atoms with E-state index >= 15 is 0 Å². The molecule has 7 heteroatoms. The zero-order valence-corrected chi connectivity index (χ0v) is 16.4. The lowest BCUT2D eigenvalue weighted by Crippen LogP contribution is -2.41. The molecule has 5 nitrogen and oxygen atoms in total. The van der Waals surface area contributed by atoms with E-state index in [-0.39, 0.29) is 5.91 Å². The number of morpholine rings is 1. The Labute approximate surface area is 162 Å². The second kappa shape index (κ2) is 9.37. The molecule has 26 heavy (non-hydrogen) atoms. The van der Waals surface area contributed by atoms with Gasteiger partial charge in [-0.15, -0.1) is 11.3 Å². The summed E-state index contributed by atoms with van der Waals surface area (Å²) in [6.07, 6.45) is 0. The van der Waals surface area contributed by atoms with E-state index in [0.29, 0.717) is 18.0 Å². The van der Waals surface area contributed by atoms with Crippen LogP contribution in [-0.2, 0) is 11.3 Å². The first-order valence-corrected chi connectivity index (χ1v) is 9.92. The highest BCUT2D eigenvalue weighted by molar-refractivity contribution is 7.12. The number of hydrogen-bond acceptors (Lipinski definition) is 5. The van der Waals surface area contributed by atoms with Gasteiger partial charge in [0.25, 0.3) is 5.91 Å². The van der Waals surface area contributed by atoms with Crippen LogP contribution >= 0.6 is 22.9 Å². The molecule has 1 aromatic heterocycles. The molecule has 0 bridgehead atoms. The normalized spacial score (nSPS) is 15.0. The average molecular weight is 395 g/mol. The molecule has 2 heterocycles. The zero-order chi connectivity index (χ0) is 18.4. The van der Waals surface area contributed by atoms with Crippen molar-refractivity contribution in [3.8, 4) is 5.75 Å². The molecule has 0 aliphatic carbocycles. The van der Waals surface area contributed by atoms with Gasteiger partial charge in [-0.1, -0.05) is 11.6 Å². The molecule has 1 amide bonds. The van der Waals surface area contributed by atoms with Gasteiger partial charge >= 0.3 is 0 Å². The van der Waals surface area contributed by atoms with Crippen molar-refractivity contribution in [1.82, 2.24) is 10.2 Å². The number of amides is 1. The van der Waals surface area contributed by atoms with Crippen molar-refractivity contribution in [3.63, 3.8) is 0 Å². The summed E-state index contributed by atoms with van der Waals surface area (Å²) in [5, 5.41) is 5.66. The van der Waals surface area contributed by atoms with Gasteiger partial charge in [0.15, 0.2) is 0 Å². The molecule has 1 aromatic carbocycles. The lowest BCUT2D eigenvalue weighted by Gasteiger charge is -2.26. The van der Waals surface area contributed by atoms with E-state index in [1.165, 1.54) is 11.3 Å². The third kappa shape index (κ3) is 5.45. The molecule has 1 fully saturated rings. The summed E-state index contributed by atoms with van der Waals surface area (Å²) < 4.78 is 11.1. The monoisotopic (exact) mass is 394 g/mol. The van der Waals surface area contributed by atoms with Gasteiger partial charge in [-0.2, -0.15) is 0 Å². The van der Waals surface area contributed by atoms with Crippen LogP contribution in [0, 0.1) is 6.92 Å². The third-order valence-electron chi connectivity index (χ3n) is 4.23. The molecule has 1 N–H and O–H groups in total. The lowest BCUT2D eigenvalue weighted by atomic mass is 10.2. The van der Waals surface area contributed by atoms with Gasteiger partial charge in [0.05, 0.1) is 18.1 Å². The number of rotatable bonds is 7. The highest BCUT2D eigenvalue weighted by atomic mass is 35.5. The standard InChI is InChI=1S/C19H23ClN2O3S/c1-14-10-16(2-3-17(14)20)25-12-15-11-18(26-13-15)19(23)21-4-5-22-6-8-24-9-7-22/h2-3,10-11,13H,4-9,12H2,1H3,(H,21,23). The number of carbonyl (C=O) groups is 1. The number of nitrogens with zero attached hydrogens (tertiary/aromatic N) is 1. The minimum absolute atomic E-state index is 0.0307. The van der Waals surface area contributed by atoms with Crippen LogP contribution in [0.1, 0.15) is 20.8 Å². The zero-order valence-electron chi connectivity index (χ0n) is 14.8. The van der Waals surface area contributed by atoms with Gasteiger partial charge in [-0.25, -0.2) is 0 Å². The van der Waals surface area contributed by atoms with Gasteiger partial charge in [-0.3, -0.25) is 9.69 Å². The van der Waals surface area contributed by atoms with Crippen LogP contribution in [-0.4, -0.2) is 50.2 Å². The van der Waals surface area contributed by atoms with Crippen molar-refractivity contribution in [2.45, 2.75) is 13.5 Å². The highest BCUT2D eigenvalue weighted by Gasteiger charge is 2.12. The molecule has 1 aliphatic rings. The van der Waals surface area contributed by atoms with Crippen LogP contribution in [0.3, 0.4) is 0 Å². The molecule has 0 atom stereocenters. The van der Waals surface area contributed by atoms with Crippen LogP contribution in [0.2, 0.25) is 5.02 Å². The van der Waals surface area contributed by atoms with Gasteiger partial charge in [0.1, 0.15) is 12.4 Å². The van der Waals surface area contributed by atoms with E-state index in [4.69, 9.17) is 21.1 Å². The van der Waals surface area contributed by atoms with E-state index in [0.717, 1.165) is 54.7 Å². The van der Waals surface area contributed by atoms with E-state index < -0.39 is 0 Å². The molecule has 0 spiro atoms. The summed E-state index contributed by atoms with van der Waals surface area (Å²) in [6.45, 7) is 7.28. The lowest BCUT2D eigenvalue weighted by molar-refractivity contribution is 0.0383. The summed E-state index contributed by atoms with van der Waals surface area (Å²) >= 11 is 7.46. The molecular formula is C19H23ClN2O3S. The van der Waals surface area contributed by atoms with Crippen molar-refractivity contribution in [2.24, 2.45) is 0 Å². The summed E-state index contributed by atoms with van der Waals surface area (Å²) in [6, 6.07) is 7.47. The Morgan fingerprint density at radius 2 is 2.15 bits per heavy atom. The number of nitrogens with one attached hydrogen (secondary N) is 1. The quantitative estimate of drug-likeness (QED) is 0.782. The maximum Gasteiger partial charge on any atom is 0.261 e. The molecule has 0 radical (unpaired) electrons. The summed E-state index contributed by atoms with van der Waals surface area (Å²) in [7, 11) is 0. The molecule has 1 aliphatic heterocycles. The highest BCUT2D eigenvalue weighted by Crippen LogP contribution is 2.23. The fourth-order valence-electron chi connectivity index (χ4n) is 2.68. The number of benzene rings is 1. The van der Waals surface area contributed by atoms with Crippen LogP contribution in [0.4, 0.5) is 0 Å². The van der Waals surface area contributed by atoms with Gasteiger partial charge in [-0.05, 0) is 42.1 Å². The largest absolute Gasteiger partial charge is 0.489 e. The smallest absolute Gasteiger partial charge is 0.261 e. The summed E-state index contributed by atoms with van der Waals surface area (Å²) in [4.78, 5) is 15.3. The Kier molecular flexibility index (Phi) is 6.91. The summed E-state index contributed by atoms with van der Waals surface area (Å²) in [5.41, 5.74) is 1.97. The van der Waals surface area contributed by atoms with Crippen LogP contribution < -0.4 is 10.1 Å². The molecule has 2 aromatic rings. The second-order valence-corrected chi connectivity index (χ2v) is 7.55. The number of thiophene rings is 1. The van der Waals surface area contributed by atoms with Crippen LogP contribution in [0.25, 0.3) is 0 Å². The molecule has 3 rings (SSSR count). The minimum atomic E-state index is -0.0307.